The zero-order valence-electron chi connectivity index (χ0n) is 12.7. The molecule has 2 N–H and O–H groups in total. The molecular weight excluding hydrogens is 316 g/mol. The van der Waals surface area contributed by atoms with Gasteiger partial charge in [0.2, 0.25) is 5.91 Å². The second kappa shape index (κ2) is 6.11. The SMILES string of the molecule is CS(=O)(=O)c1ccc2ncnc(NC3CCCCNC3=O)c2c1. The number of benzene rings is 1. The van der Waals surface area contributed by atoms with Crippen molar-refractivity contribution < 1.29 is 13.2 Å². The topological polar surface area (TPSA) is 101 Å². The number of anilines is 1. The molecule has 1 saturated heterocycles. The third-order valence-corrected chi connectivity index (χ3v) is 4.99. The van der Waals surface area contributed by atoms with E-state index in [2.05, 4.69) is 20.6 Å². The van der Waals surface area contributed by atoms with E-state index in [1.807, 2.05) is 0 Å². The molecule has 1 aromatic heterocycles. The first-order chi connectivity index (χ1) is 10.9. The number of aromatic nitrogens is 2. The molecule has 0 bridgehead atoms. The fourth-order valence-electron chi connectivity index (χ4n) is 2.62. The van der Waals surface area contributed by atoms with Crippen molar-refractivity contribution in [1.29, 1.82) is 0 Å². The van der Waals surface area contributed by atoms with Crippen LogP contribution in [0.5, 0.6) is 0 Å². The highest BCUT2D eigenvalue weighted by molar-refractivity contribution is 7.90. The van der Waals surface area contributed by atoms with Gasteiger partial charge in [0.05, 0.1) is 10.4 Å². The second-order valence-corrected chi connectivity index (χ2v) is 7.67. The van der Waals surface area contributed by atoms with Crippen LogP contribution in [0, 0.1) is 0 Å². The Balaban J connectivity index is 2.01. The van der Waals surface area contributed by atoms with E-state index in [9.17, 15) is 13.2 Å². The summed E-state index contributed by atoms with van der Waals surface area (Å²) < 4.78 is 23.5. The first kappa shape index (κ1) is 15.7. The van der Waals surface area contributed by atoms with Gasteiger partial charge < -0.3 is 10.6 Å². The fourth-order valence-corrected chi connectivity index (χ4v) is 3.27. The Morgan fingerprint density at radius 3 is 2.87 bits per heavy atom. The van der Waals surface area contributed by atoms with E-state index in [4.69, 9.17) is 0 Å². The van der Waals surface area contributed by atoms with Crippen molar-refractivity contribution in [2.75, 3.05) is 18.1 Å². The monoisotopic (exact) mass is 334 g/mol. The van der Waals surface area contributed by atoms with Crippen molar-refractivity contribution in [1.82, 2.24) is 15.3 Å². The number of hydrogen-bond donors (Lipinski definition) is 2. The summed E-state index contributed by atoms with van der Waals surface area (Å²) in [5.74, 6) is 0.413. The van der Waals surface area contributed by atoms with Crippen LogP contribution in [0.4, 0.5) is 5.82 Å². The largest absolute Gasteiger partial charge is 0.358 e. The zero-order chi connectivity index (χ0) is 16.4. The Labute approximate surface area is 134 Å². The van der Waals surface area contributed by atoms with Gasteiger partial charge in [-0.1, -0.05) is 0 Å². The molecule has 1 fully saturated rings. The van der Waals surface area contributed by atoms with Crippen molar-refractivity contribution in [2.24, 2.45) is 0 Å². The summed E-state index contributed by atoms with van der Waals surface area (Å²) in [6.45, 7) is 0.680. The van der Waals surface area contributed by atoms with Crippen LogP contribution in [-0.2, 0) is 14.6 Å². The minimum absolute atomic E-state index is 0.0615. The Bertz CT molecular complexity index is 851. The molecule has 2 aromatic rings. The maximum Gasteiger partial charge on any atom is 0.242 e. The molecule has 1 amide bonds. The summed E-state index contributed by atoms with van der Waals surface area (Å²) in [5, 5.41) is 6.58. The number of carbonyl (C=O) groups is 1. The normalized spacial score (nSPS) is 19.2. The highest BCUT2D eigenvalue weighted by Crippen LogP contribution is 2.24. The molecule has 0 aliphatic carbocycles. The van der Waals surface area contributed by atoms with E-state index < -0.39 is 9.84 Å². The van der Waals surface area contributed by atoms with Crippen molar-refractivity contribution in [3.8, 4) is 0 Å². The van der Waals surface area contributed by atoms with Crippen molar-refractivity contribution in [3.05, 3.63) is 24.5 Å². The molecule has 7 nitrogen and oxygen atoms in total. The van der Waals surface area contributed by atoms with Gasteiger partial charge in [0.25, 0.3) is 0 Å². The van der Waals surface area contributed by atoms with Gasteiger partial charge in [0.1, 0.15) is 18.2 Å². The number of rotatable bonds is 3. The van der Waals surface area contributed by atoms with E-state index in [1.165, 1.54) is 12.4 Å². The second-order valence-electron chi connectivity index (χ2n) is 5.66. The van der Waals surface area contributed by atoms with E-state index in [0.29, 0.717) is 29.7 Å². The number of nitrogens with zero attached hydrogens (tertiary/aromatic N) is 2. The first-order valence-corrected chi connectivity index (χ1v) is 9.33. The Morgan fingerprint density at radius 2 is 2.09 bits per heavy atom. The highest BCUT2D eigenvalue weighted by atomic mass is 32.2. The molecule has 122 valence electrons. The van der Waals surface area contributed by atoms with Crippen LogP contribution >= 0.6 is 0 Å². The molecular formula is C15H18N4O3S. The van der Waals surface area contributed by atoms with Gasteiger partial charge in [-0.2, -0.15) is 0 Å². The number of sulfone groups is 1. The lowest BCUT2D eigenvalue weighted by atomic mass is 10.1. The molecule has 23 heavy (non-hydrogen) atoms. The molecule has 1 aromatic carbocycles. The van der Waals surface area contributed by atoms with E-state index in [0.717, 1.165) is 19.1 Å². The number of fused-ring (bicyclic) bond motifs is 1. The van der Waals surface area contributed by atoms with Gasteiger partial charge in [0, 0.05) is 18.2 Å². The summed E-state index contributed by atoms with van der Waals surface area (Å²) in [7, 11) is -3.32. The number of nitrogens with one attached hydrogen (secondary N) is 2. The maximum absolute atomic E-state index is 12.1. The zero-order valence-corrected chi connectivity index (χ0v) is 13.6. The van der Waals surface area contributed by atoms with Crippen molar-refractivity contribution in [2.45, 2.75) is 30.2 Å². The predicted octanol–water partition coefficient (Wildman–Crippen LogP) is 1.11. The molecule has 8 heteroatoms. The van der Waals surface area contributed by atoms with E-state index in [1.54, 1.807) is 12.1 Å². The summed E-state index contributed by atoms with van der Waals surface area (Å²) in [5.41, 5.74) is 0.629. The van der Waals surface area contributed by atoms with Crippen LogP contribution in [0.25, 0.3) is 10.9 Å². The third kappa shape index (κ3) is 3.42. The van der Waals surface area contributed by atoms with E-state index >= 15 is 0 Å². The summed E-state index contributed by atoms with van der Waals surface area (Å²) >= 11 is 0. The minimum Gasteiger partial charge on any atom is -0.358 e. The molecule has 3 rings (SSSR count). The number of carbonyl (C=O) groups excluding carboxylic acids is 1. The standard InChI is InChI=1S/C15H18N4O3S/c1-23(21,22)10-5-6-12-11(8-10)14(18-9-17-12)19-13-4-2-3-7-16-15(13)20/h5-6,8-9,13H,2-4,7H2,1H3,(H,16,20)(H,17,18,19). The van der Waals surface area contributed by atoms with E-state index in [-0.39, 0.29) is 16.8 Å². The number of hydrogen-bond acceptors (Lipinski definition) is 6. The molecule has 1 aliphatic rings. The molecule has 1 atom stereocenters. The minimum atomic E-state index is -3.32. The van der Waals surface area contributed by atoms with Crippen LogP contribution < -0.4 is 10.6 Å². The summed E-state index contributed by atoms with van der Waals surface area (Å²) in [4.78, 5) is 20.6. The summed E-state index contributed by atoms with van der Waals surface area (Å²) in [6, 6.07) is 4.33. The fraction of sp³-hybridized carbons (Fsp3) is 0.400. The van der Waals surface area contributed by atoms with Crippen LogP contribution in [0.1, 0.15) is 19.3 Å². The van der Waals surface area contributed by atoms with Crippen molar-refractivity contribution in [3.63, 3.8) is 0 Å². The smallest absolute Gasteiger partial charge is 0.242 e. The average molecular weight is 334 g/mol. The lowest BCUT2D eigenvalue weighted by Crippen LogP contribution is -2.38. The highest BCUT2D eigenvalue weighted by Gasteiger charge is 2.22. The summed E-state index contributed by atoms with van der Waals surface area (Å²) in [6.07, 6.45) is 5.16. The van der Waals surface area contributed by atoms with Gasteiger partial charge in [-0.25, -0.2) is 18.4 Å². The van der Waals surface area contributed by atoms with Gasteiger partial charge >= 0.3 is 0 Å². The van der Waals surface area contributed by atoms with Gasteiger partial charge in [-0.15, -0.1) is 0 Å². The molecule has 2 heterocycles. The molecule has 1 aliphatic heterocycles. The van der Waals surface area contributed by atoms with Crippen LogP contribution in [0.15, 0.2) is 29.4 Å². The average Bonchev–Trinajstić information content (AvgIpc) is 2.71. The Morgan fingerprint density at radius 1 is 1.26 bits per heavy atom. The molecule has 1 unspecified atom stereocenters. The Kier molecular flexibility index (Phi) is 4.16. The molecule has 0 spiro atoms. The van der Waals surface area contributed by atoms with Gasteiger partial charge in [0.15, 0.2) is 9.84 Å². The van der Waals surface area contributed by atoms with Crippen LogP contribution in [0.3, 0.4) is 0 Å². The quantitative estimate of drug-likeness (QED) is 0.872. The maximum atomic E-state index is 12.1. The van der Waals surface area contributed by atoms with Gasteiger partial charge in [-0.3, -0.25) is 4.79 Å². The van der Waals surface area contributed by atoms with Crippen molar-refractivity contribution >= 4 is 32.5 Å². The van der Waals surface area contributed by atoms with Gasteiger partial charge in [-0.05, 0) is 37.5 Å². The number of amides is 1. The molecule has 0 saturated carbocycles. The molecule has 0 radical (unpaired) electrons. The lowest BCUT2D eigenvalue weighted by Gasteiger charge is -2.17. The first-order valence-electron chi connectivity index (χ1n) is 7.44. The lowest BCUT2D eigenvalue weighted by molar-refractivity contribution is -0.121. The van der Waals surface area contributed by atoms with Crippen LogP contribution in [0.2, 0.25) is 0 Å². The third-order valence-electron chi connectivity index (χ3n) is 3.88. The predicted molar refractivity (Wildman–Crippen MR) is 86.9 cm³/mol. The Hall–Kier alpha value is -2.22. The van der Waals surface area contributed by atoms with Crippen LogP contribution in [-0.4, -0.2) is 43.1 Å².